The van der Waals surface area contributed by atoms with Crippen LogP contribution in [-0.2, 0) is 14.6 Å². The molecule has 0 N–H and O–H groups in total. The normalized spacial score (nSPS) is 18.4. The van der Waals surface area contributed by atoms with Gasteiger partial charge in [0.25, 0.3) is 0 Å². The number of rotatable bonds is 3. The minimum Gasteiger partial charge on any atom is -0.228 e. The van der Waals surface area contributed by atoms with Crippen LogP contribution < -0.4 is 0 Å². The van der Waals surface area contributed by atoms with Gasteiger partial charge in [-0.15, -0.1) is 0 Å². The van der Waals surface area contributed by atoms with E-state index < -0.39 is 14.6 Å². The van der Waals surface area contributed by atoms with E-state index in [1.54, 1.807) is 6.07 Å². The molecule has 17 heavy (non-hydrogen) atoms. The summed E-state index contributed by atoms with van der Waals surface area (Å²) in [5.41, 5.74) is 1.96. The van der Waals surface area contributed by atoms with Crippen LogP contribution in [0.4, 0.5) is 0 Å². The lowest BCUT2D eigenvalue weighted by Crippen LogP contribution is -2.19. The van der Waals surface area contributed by atoms with E-state index in [-0.39, 0.29) is 0 Å². The molecule has 1 aromatic carbocycles. The number of benzene rings is 1. The standard InChI is InChI=1S/C13H17ClO2S/c1-9(2)10-6-11(8-12(14)7-10)13(4-5-13)17(3,15)16/h6-9H,4-5H2,1-3H3. The maximum absolute atomic E-state index is 11.9. The van der Waals surface area contributed by atoms with E-state index in [9.17, 15) is 8.42 Å². The van der Waals surface area contributed by atoms with Crippen molar-refractivity contribution in [2.75, 3.05) is 6.26 Å². The van der Waals surface area contributed by atoms with Crippen molar-refractivity contribution in [1.82, 2.24) is 0 Å². The van der Waals surface area contributed by atoms with Gasteiger partial charge in [-0.25, -0.2) is 8.42 Å². The number of hydrogen-bond acceptors (Lipinski definition) is 2. The third kappa shape index (κ3) is 2.23. The Morgan fingerprint density at radius 3 is 2.24 bits per heavy atom. The minimum absolute atomic E-state index is 0.350. The molecule has 2 rings (SSSR count). The maximum Gasteiger partial charge on any atom is 0.157 e. The molecule has 1 fully saturated rings. The predicted molar refractivity (Wildman–Crippen MR) is 71.3 cm³/mol. The Hall–Kier alpha value is -0.540. The van der Waals surface area contributed by atoms with Gasteiger partial charge in [0.05, 0.1) is 4.75 Å². The molecule has 0 atom stereocenters. The quantitative estimate of drug-likeness (QED) is 0.844. The van der Waals surface area contributed by atoms with Crippen LogP contribution in [0.1, 0.15) is 43.7 Å². The Bertz CT molecular complexity index is 543. The molecule has 1 aromatic rings. The lowest BCUT2D eigenvalue weighted by atomic mass is 9.99. The molecule has 0 unspecified atom stereocenters. The van der Waals surface area contributed by atoms with E-state index in [2.05, 4.69) is 13.8 Å². The van der Waals surface area contributed by atoms with Crippen molar-refractivity contribution < 1.29 is 8.42 Å². The van der Waals surface area contributed by atoms with Gasteiger partial charge in [0.2, 0.25) is 0 Å². The Labute approximate surface area is 108 Å². The fourth-order valence-electron chi connectivity index (χ4n) is 2.20. The third-order valence-corrected chi connectivity index (χ3v) is 5.81. The van der Waals surface area contributed by atoms with Gasteiger partial charge in [-0.05, 0) is 42.0 Å². The molecule has 0 aliphatic heterocycles. The van der Waals surface area contributed by atoms with Gasteiger partial charge < -0.3 is 0 Å². The fourth-order valence-corrected chi connectivity index (χ4v) is 3.83. The Morgan fingerprint density at radius 2 is 1.82 bits per heavy atom. The van der Waals surface area contributed by atoms with Gasteiger partial charge in [0.1, 0.15) is 0 Å². The summed E-state index contributed by atoms with van der Waals surface area (Å²) in [5.74, 6) is 0.350. The van der Waals surface area contributed by atoms with Gasteiger partial charge in [0.15, 0.2) is 9.84 Å². The molecule has 1 saturated carbocycles. The first-order valence-corrected chi connectivity index (χ1v) is 8.04. The van der Waals surface area contributed by atoms with Crippen molar-refractivity contribution in [1.29, 1.82) is 0 Å². The van der Waals surface area contributed by atoms with Gasteiger partial charge in [-0.1, -0.05) is 31.5 Å². The number of sulfone groups is 1. The zero-order valence-electron chi connectivity index (χ0n) is 10.3. The van der Waals surface area contributed by atoms with E-state index in [4.69, 9.17) is 11.6 Å². The topological polar surface area (TPSA) is 34.1 Å². The van der Waals surface area contributed by atoms with Crippen molar-refractivity contribution in [2.45, 2.75) is 37.4 Å². The molecule has 1 aliphatic rings. The molecule has 1 aliphatic carbocycles. The summed E-state index contributed by atoms with van der Waals surface area (Å²) in [5, 5.41) is 0.626. The second kappa shape index (κ2) is 3.99. The summed E-state index contributed by atoms with van der Waals surface area (Å²) in [4.78, 5) is 0. The maximum atomic E-state index is 11.9. The summed E-state index contributed by atoms with van der Waals surface area (Å²) in [6.07, 6.45) is 2.74. The van der Waals surface area contributed by atoms with Crippen LogP contribution in [-0.4, -0.2) is 14.7 Å². The Morgan fingerprint density at radius 1 is 1.24 bits per heavy atom. The smallest absolute Gasteiger partial charge is 0.157 e. The molecule has 0 heterocycles. The molecule has 0 bridgehead atoms. The fraction of sp³-hybridized carbons (Fsp3) is 0.538. The van der Waals surface area contributed by atoms with Crippen molar-refractivity contribution in [3.8, 4) is 0 Å². The summed E-state index contributed by atoms with van der Waals surface area (Å²) in [6.45, 7) is 4.16. The first-order chi connectivity index (χ1) is 7.76. The van der Waals surface area contributed by atoms with Gasteiger partial charge in [-0.2, -0.15) is 0 Å². The second-order valence-electron chi connectivity index (χ2n) is 5.19. The molecule has 0 saturated heterocycles. The second-order valence-corrected chi connectivity index (χ2v) is 7.96. The molecule has 0 aromatic heterocycles. The predicted octanol–water partition coefficient (Wildman–Crippen LogP) is 3.50. The van der Waals surface area contributed by atoms with Crippen molar-refractivity contribution >= 4 is 21.4 Å². The number of hydrogen-bond donors (Lipinski definition) is 0. The van der Waals surface area contributed by atoms with Crippen LogP contribution in [0.25, 0.3) is 0 Å². The van der Waals surface area contributed by atoms with E-state index in [0.29, 0.717) is 23.8 Å². The summed E-state index contributed by atoms with van der Waals surface area (Å²) in [6, 6.07) is 5.69. The first-order valence-electron chi connectivity index (χ1n) is 5.77. The lowest BCUT2D eigenvalue weighted by molar-refractivity contribution is 0.586. The highest BCUT2D eigenvalue weighted by atomic mass is 35.5. The van der Waals surface area contributed by atoms with Gasteiger partial charge in [0, 0.05) is 11.3 Å². The monoisotopic (exact) mass is 272 g/mol. The third-order valence-electron chi connectivity index (χ3n) is 3.53. The van der Waals surface area contributed by atoms with Crippen LogP contribution in [0.15, 0.2) is 18.2 Å². The molecule has 94 valence electrons. The van der Waals surface area contributed by atoms with Crippen molar-refractivity contribution in [3.05, 3.63) is 34.3 Å². The van der Waals surface area contributed by atoms with E-state index in [1.165, 1.54) is 6.26 Å². The van der Waals surface area contributed by atoms with E-state index >= 15 is 0 Å². The molecule has 2 nitrogen and oxygen atoms in total. The van der Waals surface area contributed by atoms with Crippen LogP contribution in [0.5, 0.6) is 0 Å². The molecule has 0 radical (unpaired) electrons. The summed E-state index contributed by atoms with van der Waals surface area (Å²) < 4.78 is 23.1. The van der Waals surface area contributed by atoms with Crippen LogP contribution in [0, 0.1) is 0 Å². The molecule has 4 heteroatoms. The Kier molecular flexibility index (Phi) is 3.03. The SMILES string of the molecule is CC(C)c1cc(Cl)cc(C2(S(C)(=O)=O)CC2)c1. The van der Waals surface area contributed by atoms with Crippen LogP contribution in [0.3, 0.4) is 0 Å². The zero-order valence-corrected chi connectivity index (χ0v) is 11.9. The highest BCUT2D eigenvalue weighted by Gasteiger charge is 2.53. The average Bonchev–Trinajstić information content (AvgIpc) is 2.95. The summed E-state index contributed by atoms with van der Waals surface area (Å²) in [7, 11) is -3.06. The number of halogens is 1. The van der Waals surface area contributed by atoms with E-state index in [1.807, 2.05) is 12.1 Å². The Balaban J connectivity index is 2.54. The van der Waals surface area contributed by atoms with Crippen molar-refractivity contribution in [3.63, 3.8) is 0 Å². The van der Waals surface area contributed by atoms with Crippen molar-refractivity contribution in [2.24, 2.45) is 0 Å². The molecular weight excluding hydrogens is 256 g/mol. The molecular formula is C13H17ClO2S. The highest BCUT2D eigenvalue weighted by Crippen LogP contribution is 2.53. The van der Waals surface area contributed by atoms with Gasteiger partial charge >= 0.3 is 0 Å². The van der Waals surface area contributed by atoms with E-state index in [0.717, 1.165) is 11.1 Å². The highest BCUT2D eigenvalue weighted by molar-refractivity contribution is 7.92. The molecule has 0 amide bonds. The lowest BCUT2D eigenvalue weighted by Gasteiger charge is -2.16. The molecule has 0 spiro atoms. The van der Waals surface area contributed by atoms with Crippen LogP contribution in [0.2, 0.25) is 5.02 Å². The first kappa shape index (κ1) is 12.9. The average molecular weight is 273 g/mol. The largest absolute Gasteiger partial charge is 0.228 e. The minimum atomic E-state index is -3.06. The summed E-state index contributed by atoms with van der Waals surface area (Å²) >= 11 is 6.08. The van der Waals surface area contributed by atoms with Gasteiger partial charge in [-0.3, -0.25) is 0 Å². The zero-order chi connectivity index (χ0) is 12.8. The van der Waals surface area contributed by atoms with Crippen LogP contribution >= 0.6 is 11.6 Å².